The van der Waals surface area contributed by atoms with Gasteiger partial charge in [0, 0.05) is 16.6 Å². The molecule has 3 rings (SSSR count). The van der Waals surface area contributed by atoms with Crippen LogP contribution >= 0.6 is 15.9 Å². The number of benzene rings is 1. The maximum absolute atomic E-state index is 11.9. The standard InChI is InChI=1S/C17H20BrNO3/c18-14-3-5-15(6-4-14)19-16(20)10-22-17(21)9-13-8-11-1-2-12(13)7-11/h3-6,11-13H,1-2,7-10H2,(H,19,20)/t11-,12+,13-/m1/s1. The van der Waals surface area contributed by atoms with E-state index in [0.717, 1.165) is 16.8 Å². The van der Waals surface area contributed by atoms with E-state index in [1.165, 1.54) is 19.3 Å². The van der Waals surface area contributed by atoms with Crippen LogP contribution in [0.25, 0.3) is 0 Å². The van der Waals surface area contributed by atoms with Crippen LogP contribution in [0, 0.1) is 17.8 Å². The first-order valence-electron chi connectivity index (χ1n) is 7.81. The van der Waals surface area contributed by atoms with E-state index in [1.807, 2.05) is 12.1 Å². The summed E-state index contributed by atoms with van der Waals surface area (Å²) in [6.07, 6.45) is 5.48. The number of hydrogen-bond acceptors (Lipinski definition) is 3. The van der Waals surface area contributed by atoms with Crippen molar-refractivity contribution in [1.29, 1.82) is 0 Å². The van der Waals surface area contributed by atoms with Crippen molar-refractivity contribution in [3.8, 4) is 0 Å². The molecule has 0 aliphatic heterocycles. The number of carbonyl (C=O) groups is 2. The van der Waals surface area contributed by atoms with Gasteiger partial charge in [-0.3, -0.25) is 9.59 Å². The molecule has 4 nitrogen and oxygen atoms in total. The molecule has 0 saturated heterocycles. The fraction of sp³-hybridized carbons (Fsp3) is 0.529. The predicted molar refractivity (Wildman–Crippen MR) is 87.3 cm³/mol. The highest BCUT2D eigenvalue weighted by Gasteiger charge is 2.40. The zero-order chi connectivity index (χ0) is 15.5. The molecule has 2 fully saturated rings. The molecule has 0 unspecified atom stereocenters. The van der Waals surface area contributed by atoms with Crippen molar-refractivity contribution in [2.75, 3.05) is 11.9 Å². The highest BCUT2D eigenvalue weighted by atomic mass is 79.9. The number of rotatable bonds is 5. The maximum atomic E-state index is 11.9. The lowest BCUT2D eigenvalue weighted by Crippen LogP contribution is -2.23. The molecular formula is C17H20BrNO3. The summed E-state index contributed by atoms with van der Waals surface area (Å²) in [5.41, 5.74) is 0.692. The molecule has 0 heterocycles. The molecule has 1 aromatic rings. The van der Waals surface area contributed by atoms with Crippen LogP contribution in [-0.4, -0.2) is 18.5 Å². The van der Waals surface area contributed by atoms with Crippen molar-refractivity contribution in [3.05, 3.63) is 28.7 Å². The second kappa shape index (κ2) is 6.82. The van der Waals surface area contributed by atoms with Gasteiger partial charge in [0.05, 0.1) is 0 Å². The van der Waals surface area contributed by atoms with Crippen molar-refractivity contribution in [2.24, 2.45) is 17.8 Å². The van der Waals surface area contributed by atoms with E-state index >= 15 is 0 Å². The average molecular weight is 366 g/mol. The molecule has 2 saturated carbocycles. The molecule has 1 aromatic carbocycles. The summed E-state index contributed by atoms with van der Waals surface area (Å²) in [5, 5.41) is 2.71. The summed E-state index contributed by atoms with van der Waals surface area (Å²) in [7, 11) is 0. The van der Waals surface area contributed by atoms with Gasteiger partial charge in [0.15, 0.2) is 6.61 Å². The molecule has 3 atom stereocenters. The minimum absolute atomic E-state index is 0.213. The normalized spacial score (nSPS) is 26.0. The zero-order valence-corrected chi connectivity index (χ0v) is 14.0. The number of hydrogen-bond donors (Lipinski definition) is 1. The van der Waals surface area contributed by atoms with E-state index in [0.29, 0.717) is 23.9 Å². The average Bonchev–Trinajstić information content (AvgIpc) is 3.10. The number of fused-ring (bicyclic) bond motifs is 2. The van der Waals surface area contributed by atoms with Crippen LogP contribution in [0.15, 0.2) is 28.7 Å². The van der Waals surface area contributed by atoms with E-state index in [4.69, 9.17) is 4.74 Å². The Morgan fingerprint density at radius 2 is 1.95 bits per heavy atom. The summed E-state index contributed by atoms with van der Waals surface area (Å²) in [6.45, 7) is -0.213. The van der Waals surface area contributed by atoms with Crippen molar-refractivity contribution < 1.29 is 14.3 Å². The van der Waals surface area contributed by atoms with Gasteiger partial charge in [-0.2, -0.15) is 0 Å². The summed E-state index contributed by atoms with van der Waals surface area (Å²) in [6, 6.07) is 7.27. The Bertz CT molecular complexity index is 558. The molecule has 5 heteroatoms. The number of ether oxygens (including phenoxy) is 1. The van der Waals surface area contributed by atoms with Crippen molar-refractivity contribution in [3.63, 3.8) is 0 Å². The molecule has 2 bridgehead atoms. The Balaban J connectivity index is 1.39. The van der Waals surface area contributed by atoms with Gasteiger partial charge in [-0.15, -0.1) is 0 Å². The van der Waals surface area contributed by atoms with Crippen LogP contribution in [-0.2, 0) is 14.3 Å². The lowest BCUT2D eigenvalue weighted by atomic mass is 9.86. The largest absolute Gasteiger partial charge is 0.456 e. The number of esters is 1. The summed E-state index contributed by atoms with van der Waals surface area (Å²) in [5.74, 6) is 1.45. The van der Waals surface area contributed by atoms with Crippen molar-refractivity contribution in [1.82, 2.24) is 0 Å². The molecule has 0 spiro atoms. The molecule has 1 N–H and O–H groups in total. The number of anilines is 1. The third-order valence-electron chi connectivity index (χ3n) is 4.81. The van der Waals surface area contributed by atoms with E-state index in [2.05, 4.69) is 21.2 Å². The van der Waals surface area contributed by atoms with Crippen LogP contribution in [0.1, 0.15) is 32.1 Å². The van der Waals surface area contributed by atoms with E-state index in [-0.39, 0.29) is 18.5 Å². The van der Waals surface area contributed by atoms with Gasteiger partial charge in [0.25, 0.3) is 5.91 Å². The molecule has 2 aliphatic carbocycles. The van der Waals surface area contributed by atoms with Crippen LogP contribution in [0.4, 0.5) is 5.69 Å². The lowest BCUT2D eigenvalue weighted by molar-refractivity contribution is -0.148. The minimum Gasteiger partial charge on any atom is -0.456 e. The Labute approximate surface area is 138 Å². The number of halogens is 1. The van der Waals surface area contributed by atoms with E-state index in [9.17, 15) is 9.59 Å². The Hall–Kier alpha value is -1.36. The molecule has 0 radical (unpaired) electrons. The first-order chi connectivity index (χ1) is 10.6. The molecule has 22 heavy (non-hydrogen) atoms. The van der Waals surface area contributed by atoms with Gasteiger partial charge in [-0.1, -0.05) is 22.4 Å². The second-order valence-electron chi connectivity index (χ2n) is 6.35. The Morgan fingerprint density at radius 3 is 2.59 bits per heavy atom. The van der Waals surface area contributed by atoms with Gasteiger partial charge < -0.3 is 10.1 Å². The van der Waals surface area contributed by atoms with Gasteiger partial charge in [0.1, 0.15) is 0 Å². The van der Waals surface area contributed by atoms with E-state index < -0.39 is 0 Å². The third-order valence-corrected chi connectivity index (χ3v) is 5.33. The first-order valence-corrected chi connectivity index (χ1v) is 8.60. The maximum Gasteiger partial charge on any atom is 0.306 e. The molecular weight excluding hydrogens is 346 g/mol. The van der Waals surface area contributed by atoms with E-state index in [1.54, 1.807) is 12.1 Å². The molecule has 2 aliphatic rings. The molecule has 1 amide bonds. The fourth-order valence-corrected chi connectivity index (χ4v) is 4.04. The fourth-order valence-electron chi connectivity index (χ4n) is 3.78. The highest BCUT2D eigenvalue weighted by Crippen LogP contribution is 2.49. The topological polar surface area (TPSA) is 55.4 Å². The summed E-state index contributed by atoms with van der Waals surface area (Å²) < 4.78 is 6.06. The number of carbonyl (C=O) groups excluding carboxylic acids is 2. The van der Waals surface area contributed by atoms with Crippen LogP contribution in [0.3, 0.4) is 0 Å². The van der Waals surface area contributed by atoms with Crippen LogP contribution in [0.2, 0.25) is 0 Å². The SMILES string of the molecule is O=C(COC(=O)C[C@H]1C[C@@H]2CC[C@H]1C2)Nc1ccc(Br)cc1. The molecule has 0 aromatic heterocycles. The Kier molecular flexibility index (Phi) is 4.81. The second-order valence-corrected chi connectivity index (χ2v) is 7.27. The number of amides is 1. The minimum atomic E-state index is -0.302. The lowest BCUT2D eigenvalue weighted by Gasteiger charge is -2.20. The first kappa shape index (κ1) is 15.5. The van der Waals surface area contributed by atoms with Gasteiger partial charge in [-0.25, -0.2) is 0 Å². The molecule has 118 valence electrons. The Morgan fingerprint density at radius 1 is 1.18 bits per heavy atom. The predicted octanol–water partition coefficient (Wildman–Crippen LogP) is 3.76. The zero-order valence-electron chi connectivity index (χ0n) is 12.4. The van der Waals surface area contributed by atoms with Gasteiger partial charge >= 0.3 is 5.97 Å². The highest BCUT2D eigenvalue weighted by molar-refractivity contribution is 9.10. The van der Waals surface area contributed by atoms with Gasteiger partial charge in [0.2, 0.25) is 0 Å². The monoisotopic (exact) mass is 365 g/mol. The quantitative estimate of drug-likeness (QED) is 0.808. The van der Waals surface area contributed by atoms with Crippen LogP contribution in [0.5, 0.6) is 0 Å². The van der Waals surface area contributed by atoms with Crippen LogP contribution < -0.4 is 5.32 Å². The van der Waals surface area contributed by atoms with Crippen molar-refractivity contribution >= 4 is 33.5 Å². The number of nitrogens with one attached hydrogen (secondary N) is 1. The van der Waals surface area contributed by atoms with Gasteiger partial charge in [-0.05, 0) is 61.3 Å². The summed E-state index contributed by atoms with van der Waals surface area (Å²) >= 11 is 3.33. The van der Waals surface area contributed by atoms with Crippen molar-refractivity contribution in [2.45, 2.75) is 32.1 Å². The smallest absolute Gasteiger partial charge is 0.306 e. The summed E-state index contributed by atoms with van der Waals surface area (Å²) in [4.78, 5) is 23.6. The third kappa shape index (κ3) is 3.88.